The van der Waals surface area contributed by atoms with Crippen molar-refractivity contribution in [3.05, 3.63) is 82.5 Å². The van der Waals surface area contributed by atoms with Gasteiger partial charge in [-0.05, 0) is 56.1 Å². The summed E-state index contributed by atoms with van der Waals surface area (Å²) in [5.41, 5.74) is 4.40. The Morgan fingerprint density at radius 1 is 1.23 bits per heavy atom. The second kappa shape index (κ2) is 9.49. The highest BCUT2D eigenvalue weighted by molar-refractivity contribution is 9.10. The molecule has 6 heteroatoms. The first-order valence-corrected chi connectivity index (χ1v) is 11.1. The Kier molecular flexibility index (Phi) is 6.55. The lowest BCUT2D eigenvalue weighted by Crippen LogP contribution is -2.33. The second-order valence-corrected chi connectivity index (χ2v) is 8.30. The molecule has 1 aliphatic heterocycles. The zero-order valence-corrected chi connectivity index (χ0v) is 18.9. The van der Waals surface area contributed by atoms with E-state index in [-0.39, 0.29) is 6.04 Å². The monoisotopic (exact) mass is 466 g/mol. The maximum Gasteiger partial charge on any atom is 0.186 e. The van der Waals surface area contributed by atoms with E-state index in [1.54, 1.807) is 7.11 Å². The van der Waals surface area contributed by atoms with Gasteiger partial charge in [-0.2, -0.15) is 0 Å². The minimum absolute atomic E-state index is 0.188. The number of nitrogens with zero attached hydrogens (tertiary/aromatic N) is 1. The first kappa shape index (κ1) is 20.7. The van der Waals surface area contributed by atoms with Crippen LogP contribution in [0.4, 0.5) is 5.69 Å². The lowest BCUT2D eigenvalue weighted by molar-refractivity contribution is 0.297. The van der Waals surface area contributed by atoms with Crippen LogP contribution in [0.1, 0.15) is 43.1 Å². The first-order valence-electron chi connectivity index (χ1n) is 10.3. The Hall–Kier alpha value is -2.57. The number of methoxy groups -OCH3 is 1. The molecule has 4 rings (SSSR count). The lowest BCUT2D eigenvalue weighted by Gasteiger charge is -2.31. The van der Waals surface area contributed by atoms with Gasteiger partial charge in [0.15, 0.2) is 5.88 Å². The zero-order valence-electron chi connectivity index (χ0n) is 17.3. The van der Waals surface area contributed by atoms with E-state index in [1.165, 1.54) is 12.0 Å². The van der Waals surface area contributed by atoms with E-state index >= 15 is 0 Å². The number of H-pyrrole nitrogens is 1. The van der Waals surface area contributed by atoms with Crippen LogP contribution in [0.5, 0.6) is 0 Å². The van der Waals surface area contributed by atoms with Gasteiger partial charge in [0.1, 0.15) is 5.82 Å². The number of nitrogens with one attached hydrogen (secondary N) is 3. The third-order valence-electron chi connectivity index (χ3n) is 5.59. The topological polar surface area (TPSA) is 62.0 Å². The van der Waals surface area contributed by atoms with Crippen molar-refractivity contribution < 1.29 is 4.74 Å². The predicted molar refractivity (Wildman–Crippen MR) is 125 cm³/mol. The van der Waals surface area contributed by atoms with Gasteiger partial charge in [-0.15, -0.1) is 0 Å². The van der Waals surface area contributed by atoms with Gasteiger partial charge < -0.3 is 20.4 Å². The van der Waals surface area contributed by atoms with Crippen molar-refractivity contribution in [1.82, 2.24) is 15.3 Å². The van der Waals surface area contributed by atoms with Crippen LogP contribution in [0.25, 0.3) is 11.3 Å². The third-order valence-corrected chi connectivity index (χ3v) is 6.24. The first-order chi connectivity index (χ1) is 14.7. The van der Waals surface area contributed by atoms with Gasteiger partial charge in [0.25, 0.3) is 0 Å². The standard InChI is InChI=1S/C24H27BrN4O/c1-3-22(30-2)28-17-11-12-19(20(25)14-17)21-15-27-24(29-21)23-18(10-7-13-26-23)16-8-5-4-6-9-16/h3-6,8-9,11-12,14-15,18,23,26,28H,7,10,13H2,1-2H3,(H,27,29)/b22-3+. The molecule has 1 saturated heterocycles. The second-order valence-electron chi connectivity index (χ2n) is 7.45. The molecule has 5 nitrogen and oxygen atoms in total. The number of benzene rings is 2. The fraction of sp³-hybridized carbons (Fsp3) is 0.292. The Balaban J connectivity index is 1.57. The summed E-state index contributed by atoms with van der Waals surface area (Å²) >= 11 is 3.71. The van der Waals surface area contributed by atoms with Crippen LogP contribution < -0.4 is 10.6 Å². The summed E-state index contributed by atoms with van der Waals surface area (Å²) in [6.45, 7) is 2.95. The van der Waals surface area contributed by atoms with E-state index in [0.717, 1.165) is 40.2 Å². The molecular weight excluding hydrogens is 440 g/mol. The fourth-order valence-electron chi connectivity index (χ4n) is 4.06. The molecule has 0 aliphatic carbocycles. The van der Waals surface area contributed by atoms with Gasteiger partial charge in [-0.3, -0.25) is 0 Å². The van der Waals surface area contributed by atoms with E-state index in [1.807, 2.05) is 31.3 Å². The number of aromatic nitrogens is 2. The Morgan fingerprint density at radius 2 is 2.07 bits per heavy atom. The molecule has 1 aromatic heterocycles. The Bertz CT molecular complexity index is 1020. The number of hydrogen-bond donors (Lipinski definition) is 3. The fourth-order valence-corrected chi connectivity index (χ4v) is 4.65. The van der Waals surface area contributed by atoms with Crippen LogP contribution in [-0.4, -0.2) is 23.6 Å². The van der Waals surface area contributed by atoms with E-state index < -0.39 is 0 Å². The van der Waals surface area contributed by atoms with Crippen LogP contribution in [0.15, 0.2) is 71.2 Å². The van der Waals surface area contributed by atoms with Crippen LogP contribution in [0, 0.1) is 0 Å². The summed E-state index contributed by atoms with van der Waals surface area (Å²) in [5.74, 6) is 2.12. The lowest BCUT2D eigenvalue weighted by atomic mass is 9.84. The summed E-state index contributed by atoms with van der Waals surface area (Å²) < 4.78 is 6.28. The molecule has 3 aromatic rings. The average Bonchev–Trinajstić information content (AvgIpc) is 3.28. The van der Waals surface area contributed by atoms with E-state index in [0.29, 0.717) is 11.8 Å². The number of hydrogen-bond acceptors (Lipinski definition) is 4. The van der Waals surface area contributed by atoms with Gasteiger partial charge in [-0.1, -0.05) is 46.3 Å². The number of ether oxygens (including phenoxy) is 1. The van der Waals surface area contributed by atoms with Crippen molar-refractivity contribution in [3.8, 4) is 11.3 Å². The highest BCUT2D eigenvalue weighted by Crippen LogP contribution is 2.37. The third kappa shape index (κ3) is 4.45. The van der Waals surface area contributed by atoms with Crippen molar-refractivity contribution in [3.63, 3.8) is 0 Å². The van der Waals surface area contributed by atoms with Gasteiger partial charge in [0, 0.05) is 21.6 Å². The number of piperidine rings is 1. The maximum atomic E-state index is 5.29. The minimum Gasteiger partial charge on any atom is -0.483 e. The average molecular weight is 467 g/mol. The molecule has 2 aromatic carbocycles. The Morgan fingerprint density at radius 3 is 2.80 bits per heavy atom. The van der Waals surface area contributed by atoms with Gasteiger partial charge in [0.05, 0.1) is 25.0 Å². The van der Waals surface area contributed by atoms with Gasteiger partial charge >= 0.3 is 0 Å². The zero-order chi connectivity index (χ0) is 20.9. The molecular formula is C24H27BrN4O. The summed E-state index contributed by atoms with van der Waals surface area (Å²) in [7, 11) is 1.65. The molecule has 2 heterocycles. The summed E-state index contributed by atoms with van der Waals surface area (Å²) in [6, 6.07) is 17.1. The molecule has 2 unspecified atom stereocenters. The number of rotatable bonds is 6. The van der Waals surface area contributed by atoms with Crippen LogP contribution in [0.3, 0.4) is 0 Å². The van der Waals surface area contributed by atoms with Crippen molar-refractivity contribution in [2.45, 2.75) is 31.7 Å². The maximum absolute atomic E-state index is 5.29. The Labute approximate surface area is 186 Å². The quantitative estimate of drug-likeness (QED) is 0.391. The van der Waals surface area contributed by atoms with Crippen molar-refractivity contribution in [1.29, 1.82) is 0 Å². The molecule has 3 N–H and O–H groups in total. The summed E-state index contributed by atoms with van der Waals surface area (Å²) in [6.07, 6.45) is 6.16. The molecule has 0 radical (unpaired) electrons. The molecule has 30 heavy (non-hydrogen) atoms. The van der Waals surface area contributed by atoms with Crippen molar-refractivity contribution in [2.75, 3.05) is 19.0 Å². The van der Waals surface area contributed by atoms with Crippen molar-refractivity contribution >= 4 is 21.6 Å². The minimum atomic E-state index is 0.188. The smallest absolute Gasteiger partial charge is 0.186 e. The molecule has 2 atom stereocenters. The van der Waals surface area contributed by atoms with Gasteiger partial charge in [-0.25, -0.2) is 4.98 Å². The predicted octanol–water partition coefficient (Wildman–Crippen LogP) is 5.97. The van der Waals surface area contributed by atoms with E-state index in [4.69, 9.17) is 9.72 Å². The summed E-state index contributed by atoms with van der Waals surface area (Å²) in [5, 5.41) is 6.92. The highest BCUT2D eigenvalue weighted by Gasteiger charge is 2.29. The number of allylic oxidation sites excluding steroid dienone is 1. The molecule has 0 spiro atoms. The molecule has 0 amide bonds. The number of aromatic amines is 1. The van der Waals surface area contributed by atoms with Gasteiger partial charge in [0.2, 0.25) is 0 Å². The molecule has 0 saturated carbocycles. The number of imidazole rings is 1. The largest absolute Gasteiger partial charge is 0.483 e. The molecule has 156 valence electrons. The van der Waals surface area contributed by atoms with Crippen molar-refractivity contribution in [2.24, 2.45) is 0 Å². The van der Waals surface area contributed by atoms with Crippen LogP contribution in [0.2, 0.25) is 0 Å². The van der Waals surface area contributed by atoms with E-state index in [9.17, 15) is 0 Å². The molecule has 0 bridgehead atoms. The normalized spacial score (nSPS) is 19.5. The number of halogens is 1. The SMILES string of the molecule is C/C=C(\Nc1ccc(-c2cnc(C3NCCCC3c3ccccc3)[nH]2)c(Br)c1)OC. The highest BCUT2D eigenvalue weighted by atomic mass is 79.9. The van der Waals surface area contributed by atoms with Crippen LogP contribution in [-0.2, 0) is 4.74 Å². The molecule has 1 fully saturated rings. The summed E-state index contributed by atoms with van der Waals surface area (Å²) in [4.78, 5) is 8.31. The number of anilines is 1. The molecule has 1 aliphatic rings. The van der Waals surface area contributed by atoms with E-state index in [2.05, 4.69) is 67.9 Å². The van der Waals surface area contributed by atoms with Crippen LogP contribution >= 0.6 is 15.9 Å².